The van der Waals surface area contributed by atoms with E-state index in [4.69, 9.17) is 0 Å². The number of para-hydroxylation sites is 1. The number of pyridine rings is 2. The van der Waals surface area contributed by atoms with Crippen molar-refractivity contribution in [3.8, 4) is 6.07 Å². The number of aromatic nitrogens is 2. The number of rotatable bonds is 4. The van der Waals surface area contributed by atoms with E-state index in [-0.39, 0.29) is 0 Å². The maximum atomic E-state index is 9.26. The van der Waals surface area contributed by atoms with Gasteiger partial charge in [0.2, 0.25) is 0 Å². The summed E-state index contributed by atoms with van der Waals surface area (Å²) in [5, 5.41) is 13.8. The largest absolute Gasteiger partial charge is 0.380 e. The molecule has 0 bridgehead atoms. The van der Waals surface area contributed by atoms with Crippen LogP contribution in [0.5, 0.6) is 0 Å². The van der Waals surface area contributed by atoms with Crippen molar-refractivity contribution in [2.45, 2.75) is 32.2 Å². The smallest absolute Gasteiger partial charge is 0.143 e. The average Bonchev–Trinajstić information content (AvgIpc) is 3.01. The summed E-state index contributed by atoms with van der Waals surface area (Å²) in [6.45, 7) is 2.86. The van der Waals surface area contributed by atoms with Crippen molar-refractivity contribution in [3.05, 3.63) is 59.9 Å². The van der Waals surface area contributed by atoms with Crippen LogP contribution in [0.2, 0.25) is 0 Å². The van der Waals surface area contributed by atoms with Gasteiger partial charge in [0.15, 0.2) is 0 Å². The molecule has 1 fully saturated rings. The summed E-state index contributed by atoms with van der Waals surface area (Å²) in [4.78, 5) is 11.4. The van der Waals surface area contributed by atoms with E-state index in [2.05, 4.69) is 32.3 Å². The first-order valence-electron chi connectivity index (χ1n) is 9.57. The van der Waals surface area contributed by atoms with Crippen molar-refractivity contribution in [1.82, 2.24) is 9.97 Å². The molecule has 3 heterocycles. The van der Waals surface area contributed by atoms with Gasteiger partial charge >= 0.3 is 0 Å². The fourth-order valence-corrected chi connectivity index (χ4v) is 3.62. The Balaban J connectivity index is 1.55. The Hall–Kier alpha value is -3.13. The van der Waals surface area contributed by atoms with Crippen molar-refractivity contribution in [3.63, 3.8) is 0 Å². The van der Waals surface area contributed by atoms with Crippen LogP contribution in [0.25, 0.3) is 10.9 Å². The Morgan fingerprint density at radius 2 is 1.85 bits per heavy atom. The molecule has 0 amide bonds. The molecule has 5 nitrogen and oxygen atoms in total. The number of nitriles is 1. The molecule has 0 radical (unpaired) electrons. The second-order valence-corrected chi connectivity index (χ2v) is 6.96. The Morgan fingerprint density at radius 3 is 2.67 bits per heavy atom. The topological polar surface area (TPSA) is 64.8 Å². The predicted molar refractivity (Wildman–Crippen MR) is 109 cm³/mol. The van der Waals surface area contributed by atoms with E-state index in [0.29, 0.717) is 12.2 Å². The van der Waals surface area contributed by atoms with Crippen LogP contribution in [-0.2, 0) is 6.54 Å². The van der Waals surface area contributed by atoms with Crippen molar-refractivity contribution in [2.75, 3.05) is 23.3 Å². The number of anilines is 2. The van der Waals surface area contributed by atoms with Gasteiger partial charge in [-0.05, 0) is 42.7 Å². The molecule has 4 rings (SSSR count). The van der Waals surface area contributed by atoms with Crippen LogP contribution in [0.1, 0.15) is 36.9 Å². The fraction of sp³-hybridized carbons (Fsp3) is 0.318. The summed E-state index contributed by atoms with van der Waals surface area (Å²) < 4.78 is 0. The van der Waals surface area contributed by atoms with Gasteiger partial charge in [0.1, 0.15) is 17.6 Å². The molecule has 1 N–H and O–H groups in total. The van der Waals surface area contributed by atoms with Crippen LogP contribution < -0.4 is 10.2 Å². The van der Waals surface area contributed by atoms with Gasteiger partial charge < -0.3 is 10.2 Å². The third kappa shape index (κ3) is 4.01. The van der Waals surface area contributed by atoms with Gasteiger partial charge in [0, 0.05) is 36.9 Å². The van der Waals surface area contributed by atoms with Crippen LogP contribution in [0.15, 0.2) is 48.7 Å². The summed E-state index contributed by atoms with van der Waals surface area (Å²) in [6, 6.07) is 16.1. The van der Waals surface area contributed by atoms with Gasteiger partial charge in [-0.2, -0.15) is 5.26 Å². The number of hydrogen-bond donors (Lipinski definition) is 1. The molecule has 0 unspecified atom stereocenters. The van der Waals surface area contributed by atoms with E-state index in [0.717, 1.165) is 35.5 Å². The summed E-state index contributed by atoms with van der Waals surface area (Å²) >= 11 is 0. The molecule has 0 saturated carbocycles. The number of benzene rings is 1. The standard InChI is InChI=1S/C22H23N5/c23-15-18-14-21(19-7-3-4-8-20(19)26-18)25-16-17-9-10-24-22(13-17)27-11-5-1-2-6-12-27/h3-4,7-10,13-14H,1-2,5-6,11-12,16H2,(H,25,26). The molecule has 136 valence electrons. The molecule has 2 aromatic heterocycles. The lowest BCUT2D eigenvalue weighted by molar-refractivity contribution is 0.726. The molecule has 1 aromatic carbocycles. The molecule has 0 spiro atoms. The Bertz CT molecular complexity index is 968. The van der Waals surface area contributed by atoms with Gasteiger partial charge in [-0.3, -0.25) is 0 Å². The number of hydrogen-bond acceptors (Lipinski definition) is 5. The van der Waals surface area contributed by atoms with Gasteiger partial charge in [-0.1, -0.05) is 31.0 Å². The Kier molecular flexibility index (Phi) is 5.15. The SMILES string of the molecule is N#Cc1cc(NCc2ccnc(N3CCCCCC3)c2)c2ccccc2n1. The summed E-state index contributed by atoms with van der Waals surface area (Å²) in [7, 11) is 0. The lowest BCUT2D eigenvalue weighted by Gasteiger charge is -2.22. The van der Waals surface area contributed by atoms with Gasteiger partial charge in [-0.15, -0.1) is 0 Å². The zero-order valence-electron chi connectivity index (χ0n) is 15.4. The number of nitrogens with zero attached hydrogens (tertiary/aromatic N) is 4. The first-order valence-corrected chi connectivity index (χ1v) is 9.57. The maximum Gasteiger partial charge on any atom is 0.143 e. The molecule has 27 heavy (non-hydrogen) atoms. The van der Waals surface area contributed by atoms with Crippen molar-refractivity contribution in [2.24, 2.45) is 0 Å². The second-order valence-electron chi connectivity index (χ2n) is 6.96. The quantitative estimate of drug-likeness (QED) is 0.745. The van der Waals surface area contributed by atoms with Crippen molar-refractivity contribution >= 4 is 22.4 Å². The fourth-order valence-electron chi connectivity index (χ4n) is 3.62. The Morgan fingerprint density at radius 1 is 1.04 bits per heavy atom. The third-order valence-corrected chi connectivity index (χ3v) is 5.05. The first-order chi connectivity index (χ1) is 13.3. The first kappa shape index (κ1) is 17.3. The molecule has 1 aliphatic heterocycles. The summed E-state index contributed by atoms with van der Waals surface area (Å²) in [5.41, 5.74) is 3.38. The van der Waals surface area contributed by atoms with Crippen molar-refractivity contribution in [1.29, 1.82) is 5.26 Å². The minimum atomic E-state index is 0.427. The zero-order chi connectivity index (χ0) is 18.5. The van der Waals surface area contributed by atoms with E-state index < -0.39 is 0 Å². The molecule has 1 aliphatic rings. The Labute approximate surface area is 159 Å². The molecule has 1 saturated heterocycles. The average molecular weight is 357 g/mol. The lowest BCUT2D eigenvalue weighted by atomic mass is 10.1. The number of fused-ring (bicyclic) bond motifs is 1. The van der Waals surface area contributed by atoms with Crippen LogP contribution in [0.4, 0.5) is 11.5 Å². The number of nitrogens with one attached hydrogen (secondary N) is 1. The van der Waals surface area contributed by atoms with E-state index in [1.54, 1.807) is 0 Å². The van der Waals surface area contributed by atoms with Gasteiger partial charge in [0.25, 0.3) is 0 Å². The van der Waals surface area contributed by atoms with E-state index in [1.165, 1.54) is 31.2 Å². The molecule has 0 atom stereocenters. The highest BCUT2D eigenvalue weighted by atomic mass is 15.2. The van der Waals surface area contributed by atoms with Gasteiger partial charge in [-0.25, -0.2) is 9.97 Å². The summed E-state index contributed by atoms with van der Waals surface area (Å²) in [5.74, 6) is 1.06. The molecule has 5 heteroatoms. The monoisotopic (exact) mass is 357 g/mol. The molecule has 0 aliphatic carbocycles. The minimum Gasteiger partial charge on any atom is -0.380 e. The van der Waals surface area contributed by atoms with Gasteiger partial charge in [0.05, 0.1) is 5.52 Å². The highest BCUT2D eigenvalue weighted by Crippen LogP contribution is 2.24. The lowest BCUT2D eigenvalue weighted by Crippen LogP contribution is -2.25. The van der Waals surface area contributed by atoms with E-state index in [9.17, 15) is 5.26 Å². The highest BCUT2D eigenvalue weighted by Gasteiger charge is 2.11. The van der Waals surface area contributed by atoms with Crippen LogP contribution >= 0.6 is 0 Å². The molecular weight excluding hydrogens is 334 g/mol. The van der Waals surface area contributed by atoms with E-state index >= 15 is 0 Å². The summed E-state index contributed by atoms with van der Waals surface area (Å²) in [6.07, 6.45) is 7.00. The zero-order valence-corrected chi connectivity index (χ0v) is 15.4. The minimum absolute atomic E-state index is 0.427. The predicted octanol–water partition coefficient (Wildman–Crippen LogP) is 4.49. The van der Waals surface area contributed by atoms with Crippen LogP contribution in [-0.4, -0.2) is 23.1 Å². The van der Waals surface area contributed by atoms with Crippen molar-refractivity contribution < 1.29 is 0 Å². The van der Waals surface area contributed by atoms with E-state index in [1.807, 2.05) is 42.6 Å². The molecule has 3 aromatic rings. The normalized spacial score (nSPS) is 14.6. The third-order valence-electron chi connectivity index (χ3n) is 5.05. The highest BCUT2D eigenvalue weighted by molar-refractivity contribution is 5.91. The second kappa shape index (κ2) is 8.05. The van der Waals surface area contributed by atoms with Crippen LogP contribution in [0, 0.1) is 11.3 Å². The van der Waals surface area contributed by atoms with Crippen LogP contribution in [0.3, 0.4) is 0 Å². The molecular formula is C22H23N5. The maximum absolute atomic E-state index is 9.26.